The number of piperazine rings is 1. The summed E-state index contributed by atoms with van der Waals surface area (Å²) in [7, 11) is 0. The van der Waals surface area contributed by atoms with E-state index in [0.29, 0.717) is 17.7 Å². The van der Waals surface area contributed by atoms with Gasteiger partial charge in [0.1, 0.15) is 0 Å². The molecule has 1 aliphatic heterocycles. The third-order valence-corrected chi connectivity index (χ3v) is 6.09. The maximum atomic E-state index is 12.8. The summed E-state index contributed by atoms with van der Waals surface area (Å²) in [5, 5.41) is 0.772. The molecule has 1 aromatic rings. The van der Waals surface area contributed by atoms with Gasteiger partial charge in [-0.05, 0) is 55.4 Å². The molecule has 118 valence electrons. The average Bonchev–Trinajstić information content (AvgIpc) is 3.18. The SMILES string of the molecule is O=C([C@H]1C[C@@H]2CC[C@H]1C2)N1CCN(c2ccc(Cl)cc2)CC1. The van der Waals surface area contributed by atoms with Crippen LogP contribution >= 0.6 is 11.6 Å². The minimum atomic E-state index is 0.334. The Morgan fingerprint density at radius 3 is 2.32 bits per heavy atom. The van der Waals surface area contributed by atoms with E-state index < -0.39 is 0 Å². The molecule has 22 heavy (non-hydrogen) atoms. The molecule has 0 spiro atoms. The fraction of sp³-hybridized carbons (Fsp3) is 0.611. The van der Waals surface area contributed by atoms with Crippen LogP contribution in [-0.4, -0.2) is 37.0 Å². The summed E-state index contributed by atoms with van der Waals surface area (Å²) in [4.78, 5) is 17.2. The molecule has 4 heteroatoms. The lowest BCUT2D eigenvalue weighted by Crippen LogP contribution is -2.51. The first-order chi connectivity index (χ1) is 10.7. The largest absolute Gasteiger partial charge is 0.368 e. The quantitative estimate of drug-likeness (QED) is 0.834. The van der Waals surface area contributed by atoms with Crippen molar-refractivity contribution in [3.63, 3.8) is 0 Å². The lowest BCUT2D eigenvalue weighted by atomic mass is 9.87. The molecule has 0 unspecified atom stereocenters. The highest BCUT2D eigenvalue weighted by Gasteiger charge is 2.44. The van der Waals surface area contributed by atoms with Gasteiger partial charge in [0.05, 0.1) is 0 Å². The van der Waals surface area contributed by atoms with E-state index in [1.54, 1.807) is 0 Å². The van der Waals surface area contributed by atoms with Crippen molar-refractivity contribution >= 4 is 23.2 Å². The van der Waals surface area contributed by atoms with Crippen LogP contribution in [0.1, 0.15) is 25.7 Å². The summed E-state index contributed by atoms with van der Waals surface area (Å²) in [5.74, 6) is 2.30. The molecule has 3 atom stereocenters. The van der Waals surface area contributed by atoms with E-state index in [1.165, 1.54) is 24.9 Å². The van der Waals surface area contributed by atoms with Crippen LogP contribution in [0.5, 0.6) is 0 Å². The molecule has 2 bridgehead atoms. The van der Waals surface area contributed by atoms with Gasteiger partial charge in [-0.3, -0.25) is 4.79 Å². The Morgan fingerprint density at radius 2 is 1.73 bits per heavy atom. The Labute approximate surface area is 137 Å². The highest BCUT2D eigenvalue weighted by Crippen LogP contribution is 2.48. The first-order valence-electron chi connectivity index (χ1n) is 8.50. The first-order valence-corrected chi connectivity index (χ1v) is 8.88. The topological polar surface area (TPSA) is 23.6 Å². The summed E-state index contributed by atoms with van der Waals surface area (Å²) < 4.78 is 0. The van der Waals surface area contributed by atoms with E-state index in [-0.39, 0.29) is 0 Å². The van der Waals surface area contributed by atoms with Gasteiger partial charge >= 0.3 is 0 Å². The predicted molar refractivity (Wildman–Crippen MR) is 89.2 cm³/mol. The Balaban J connectivity index is 1.35. The molecule has 1 aromatic carbocycles. The number of carbonyl (C=O) groups is 1. The van der Waals surface area contributed by atoms with E-state index >= 15 is 0 Å². The molecular weight excluding hydrogens is 296 g/mol. The molecule has 3 aliphatic rings. The van der Waals surface area contributed by atoms with Gasteiger partial charge in [-0.2, -0.15) is 0 Å². The van der Waals surface area contributed by atoms with Crippen LogP contribution in [0.15, 0.2) is 24.3 Å². The highest BCUT2D eigenvalue weighted by molar-refractivity contribution is 6.30. The zero-order valence-corrected chi connectivity index (χ0v) is 13.6. The van der Waals surface area contributed by atoms with E-state index in [0.717, 1.165) is 43.5 Å². The van der Waals surface area contributed by atoms with E-state index in [1.807, 2.05) is 12.1 Å². The summed E-state index contributed by atoms with van der Waals surface area (Å²) in [6, 6.07) is 8.00. The maximum absolute atomic E-state index is 12.8. The number of halogens is 1. The monoisotopic (exact) mass is 318 g/mol. The summed E-state index contributed by atoms with van der Waals surface area (Å²) in [6.45, 7) is 3.56. The fourth-order valence-corrected chi connectivity index (χ4v) is 4.74. The van der Waals surface area contributed by atoms with Crippen LogP contribution in [0.4, 0.5) is 5.69 Å². The van der Waals surface area contributed by atoms with Gasteiger partial charge in [-0.15, -0.1) is 0 Å². The lowest BCUT2D eigenvalue weighted by Gasteiger charge is -2.38. The molecule has 1 heterocycles. The normalized spacial score (nSPS) is 30.9. The third-order valence-electron chi connectivity index (χ3n) is 5.84. The van der Waals surface area contributed by atoms with Crippen molar-refractivity contribution in [2.45, 2.75) is 25.7 Å². The molecule has 1 saturated heterocycles. The summed E-state index contributed by atoms with van der Waals surface area (Å²) >= 11 is 5.95. The van der Waals surface area contributed by atoms with Crippen molar-refractivity contribution in [2.24, 2.45) is 17.8 Å². The number of anilines is 1. The number of rotatable bonds is 2. The van der Waals surface area contributed by atoms with Crippen LogP contribution in [0, 0.1) is 17.8 Å². The number of benzene rings is 1. The smallest absolute Gasteiger partial charge is 0.226 e. The zero-order chi connectivity index (χ0) is 15.1. The molecule has 2 aliphatic carbocycles. The van der Waals surface area contributed by atoms with E-state index in [4.69, 9.17) is 11.6 Å². The van der Waals surface area contributed by atoms with Gasteiger partial charge < -0.3 is 9.80 Å². The van der Waals surface area contributed by atoms with Crippen molar-refractivity contribution in [1.29, 1.82) is 0 Å². The molecule has 3 fully saturated rings. The highest BCUT2D eigenvalue weighted by atomic mass is 35.5. The second kappa shape index (κ2) is 5.77. The summed E-state index contributed by atoms with van der Waals surface area (Å²) in [5.41, 5.74) is 1.21. The van der Waals surface area contributed by atoms with Crippen molar-refractivity contribution in [1.82, 2.24) is 4.90 Å². The van der Waals surface area contributed by atoms with Gasteiger partial charge in [0, 0.05) is 42.8 Å². The number of nitrogens with zero attached hydrogens (tertiary/aromatic N) is 2. The van der Waals surface area contributed by atoms with Crippen molar-refractivity contribution in [3.8, 4) is 0 Å². The molecule has 0 radical (unpaired) electrons. The molecule has 3 nitrogen and oxygen atoms in total. The van der Waals surface area contributed by atoms with Gasteiger partial charge in [0.25, 0.3) is 0 Å². The number of carbonyl (C=O) groups excluding carboxylic acids is 1. The van der Waals surface area contributed by atoms with Crippen LogP contribution in [0.2, 0.25) is 5.02 Å². The number of hydrogen-bond donors (Lipinski definition) is 0. The van der Waals surface area contributed by atoms with Gasteiger partial charge in [0.15, 0.2) is 0 Å². The Hall–Kier alpha value is -1.22. The Morgan fingerprint density at radius 1 is 1.00 bits per heavy atom. The first kappa shape index (κ1) is 14.4. The van der Waals surface area contributed by atoms with Crippen molar-refractivity contribution in [3.05, 3.63) is 29.3 Å². The molecule has 4 rings (SSSR count). The van der Waals surface area contributed by atoms with E-state index in [2.05, 4.69) is 21.9 Å². The second-order valence-corrected chi connectivity index (χ2v) is 7.51. The third kappa shape index (κ3) is 2.60. The van der Waals surface area contributed by atoms with Crippen LogP contribution in [-0.2, 0) is 4.79 Å². The minimum Gasteiger partial charge on any atom is -0.368 e. The van der Waals surface area contributed by atoms with Gasteiger partial charge in [-0.1, -0.05) is 18.0 Å². The standard InChI is InChI=1S/C18H23ClN2O/c19-15-3-5-16(6-4-15)20-7-9-21(10-8-20)18(22)17-12-13-1-2-14(17)11-13/h3-6,13-14,17H,1-2,7-12H2/t13-,14+,17+/m1/s1. The lowest BCUT2D eigenvalue weighted by molar-refractivity contribution is -0.137. The average molecular weight is 319 g/mol. The van der Waals surface area contributed by atoms with Crippen molar-refractivity contribution < 1.29 is 4.79 Å². The van der Waals surface area contributed by atoms with Crippen molar-refractivity contribution in [2.75, 3.05) is 31.1 Å². The van der Waals surface area contributed by atoms with Gasteiger partial charge in [0.2, 0.25) is 5.91 Å². The molecule has 1 amide bonds. The molecule has 2 saturated carbocycles. The van der Waals surface area contributed by atoms with Gasteiger partial charge in [-0.25, -0.2) is 0 Å². The number of fused-ring (bicyclic) bond motifs is 2. The second-order valence-electron chi connectivity index (χ2n) is 7.07. The van der Waals surface area contributed by atoms with E-state index in [9.17, 15) is 4.79 Å². The zero-order valence-electron chi connectivity index (χ0n) is 12.9. The Bertz CT molecular complexity index is 551. The molecule has 0 N–H and O–H groups in total. The van der Waals surface area contributed by atoms with Crippen LogP contribution in [0.25, 0.3) is 0 Å². The fourth-order valence-electron chi connectivity index (χ4n) is 4.62. The molecule has 0 aromatic heterocycles. The maximum Gasteiger partial charge on any atom is 0.226 e. The number of amides is 1. The van der Waals surface area contributed by atoms with Crippen LogP contribution in [0.3, 0.4) is 0 Å². The predicted octanol–water partition coefficient (Wildman–Crippen LogP) is 3.42. The summed E-state index contributed by atoms with van der Waals surface area (Å²) in [6.07, 6.45) is 5.10. The number of hydrogen-bond acceptors (Lipinski definition) is 2. The Kier molecular flexibility index (Phi) is 3.77. The molecular formula is C18H23ClN2O. The van der Waals surface area contributed by atoms with Crippen LogP contribution < -0.4 is 4.90 Å². The minimum absolute atomic E-state index is 0.334.